The maximum absolute atomic E-state index is 12.9. The molecule has 5 nitrogen and oxygen atoms in total. The first kappa shape index (κ1) is 16.1. The number of likely N-dealkylation sites (N-methyl/N-ethyl adjacent to an activating group) is 1. The Hall–Kier alpha value is -2.28. The number of halogens is 1. The smallest absolute Gasteiger partial charge is 0.263 e. The lowest BCUT2D eigenvalue weighted by Gasteiger charge is -2.03. The second kappa shape index (κ2) is 7.13. The normalized spacial score (nSPS) is 10.3. The van der Waals surface area contributed by atoms with Gasteiger partial charge in [0.05, 0.1) is 12.2 Å². The van der Waals surface area contributed by atoms with Crippen LogP contribution in [0.25, 0.3) is 10.6 Å². The van der Waals surface area contributed by atoms with E-state index in [2.05, 4.69) is 15.6 Å². The van der Waals surface area contributed by atoms with Crippen molar-refractivity contribution >= 4 is 23.2 Å². The fourth-order valence-electron chi connectivity index (χ4n) is 1.82. The molecular weight excluding hydrogens is 305 g/mol. The Labute approximate surface area is 131 Å². The van der Waals surface area contributed by atoms with Gasteiger partial charge in [-0.15, -0.1) is 11.3 Å². The zero-order valence-electron chi connectivity index (χ0n) is 12.3. The van der Waals surface area contributed by atoms with Crippen molar-refractivity contribution in [2.75, 3.05) is 13.1 Å². The summed E-state index contributed by atoms with van der Waals surface area (Å²) in [5, 5.41) is 5.80. The number of hydrogen-bond acceptors (Lipinski definition) is 4. The lowest BCUT2D eigenvalue weighted by Crippen LogP contribution is -2.36. The monoisotopic (exact) mass is 321 g/mol. The summed E-state index contributed by atoms with van der Waals surface area (Å²) < 4.78 is 12.9. The van der Waals surface area contributed by atoms with E-state index in [9.17, 15) is 14.0 Å². The molecule has 0 aliphatic carbocycles. The fourth-order valence-corrected chi connectivity index (χ4v) is 2.81. The van der Waals surface area contributed by atoms with E-state index in [4.69, 9.17) is 0 Å². The number of aryl methyl sites for hydroxylation is 1. The second-order valence-electron chi connectivity index (χ2n) is 4.58. The van der Waals surface area contributed by atoms with Crippen molar-refractivity contribution in [2.45, 2.75) is 13.8 Å². The summed E-state index contributed by atoms with van der Waals surface area (Å²) in [6.07, 6.45) is 0. The maximum Gasteiger partial charge on any atom is 0.263 e. The summed E-state index contributed by atoms with van der Waals surface area (Å²) in [4.78, 5) is 28.2. The van der Waals surface area contributed by atoms with E-state index in [0.717, 1.165) is 5.56 Å². The first-order valence-electron chi connectivity index (χ1n) is 6.79. The van der Waals surface area contributed by atoms with Crippen molar-refractivity contribution in [3.63, 3.8) is 0 Å². The molecule has 2 N–H and O–H groups in total. The first-order chi connectivity index (χ1) is 10.5. The molecule has 2 amide bonds. The highest BCUT2D eigenvalue weighted by Gasteiger charge is 2.16. The molecular formula is C15H16FN3O2S. The summed E-state index contributed by atoms with van der Waals surface area (Å²) in [7, 11) is 0. The lowest BCUT2D eigenvalue weighted by atomic mass is 10.2. The number of nitrogens with one attached hydrogen (secondary N) is 2. The van der Waals surface area contributed by atoms with E-state index in [-0.39, 0.29) is 24.2 Å². The Morgan fingerprint density at radius 3 is 2.55 bits per heavy atom. The SMILES string of the molecule is CCNC(=O)CNC(=O)c1sc(-c2ccc(F)cc2)nc1C. The summed E-state index contributed by atoms with van der Waals surface area (Å²) >= 11 is 1.21. The van der Waals surface area contributed by atoms with Crippen LogP contribution in [-0.4, -0.2) is 29.9 Å². The van der Waals surface area contributed by atoms with Gasteiger partial charge in [0.2, 0.25) is 5.91 Å². The van der Waals surface area contributed by atoms with Crippen molar-refractivity contribution in [2.24, 2.45) is 0 Å². The standard InChI is InChI=1S/C15H16FN3O2S/c1-3-17-12(20)8-18-14(21)13-9(2)19-15(22-13)10-4-6-11(16)7-5-10/h4-7H,3,8H2,1-2H3,(H,17,20)(H,18,21). The average molecular weight is 321 g/mol. The van der Waals surface area contributed by atoms with Gasteiger partial charge in [-0.3, -0.25) is 9.59 Å². The van der Waals surface area contributed by atoms with Crippen LogP contribution in [0, 0.1) is 12.7 Å². The van der Waals surface area contributed by atoms with Crippen LogP contribution in [0.4, 0.5) is 4.39 Å². The second-order valence-corrected chi connectivity index (χ2v) is 5.58. The molecule has 0 fully saturated rings. The van der Waals surface area contributed by atoms with Gasteiger partial charge in [-0.05, 0) is 38.1 Å². The van der Waals surface area contributed by atoms with E-state index < -0.39 is 0 Å². The molecule has 0 saturated heterocycles. The van der Waals surface area contributed by atoms with Crippen LogP contribution in [0.2, 0.25) is 0 Å². The van der Waals surface area contributed by atoms with E-state index >= 15 is 0 Å². The fraction of sp³-hybridized carbons (Fsp3) is 0.267. The largest absolute Gasteiger partial charge is 0.355 e. The lowest BCUT2D eigenvalue weighted by molar-refractivity contribution is -0.120. The Bertz CT molecular complexity index is 683. The Kier molecular flexibility index (Phi) is 5.21. The van der Waals surface area contributed by atoms with Gasteiger partial charge in [-0.25, -0.2) is 9.37 Å². The third-order valence-corrected chi connectivity index (χ3v) is 4.08. The number of thiazole rings is 1. The Balaban J connectivity index is 2.10. The summed E-state index contributed by atoms with van der Waals surface area (Å²) in [5.41, 5.74) is 1.33. The number of carbonyl (C=O) groups excluding carboxylic acids is 2. The van der Waals surface area contributed by atoms with Crippen LogP contribution in [0.15, 0.2) is 24.3 Å². The molecule has 0 aliphatic heterocycles. The van der Waals surface area contributed by atoms with Gasteiger partial charge < -0.3 is 10.6 Å². The van der Waals surface area contributed by atoms with E-state index in [1.54, 1.807) is 19.1 Å². The van der Waals surface area contributed by atoms with Crippen molar-refractivity contribution < 1.29 is 14.0 Å². The third-order valence-electron chi connectivity index (χ3n) is 2.88. The minimum Gasteiger partial charge on any atom is -0.355 e. The van der Waals surface area contributed by atoms with Crippen molar-refractivity contribution in [3.8, 4) is 10.6 Å². The summed E-state index contributed by atoms with van der Waals surface area (Å²) in [5.74, 6) is -0.900. The molecule has 116 valence electrons. The summed E-state index contributed by atoms with van der Waals surface area (Å²) in [6, 6.07) is 5.93. The van der Waals surface area contributed by atoms with E-state index in [1.807, 2.05) is 6.92 Å². The van der Waals surface area contributed by atoms with Gasteiger partial charge in [0, 0.05) is 12.1 Å². The summed E-state index contributed by atoms with van der Waals surface area (Å²) in [6.45, 7) is 3.98. The zero-order chi connectivity index (χ0) is 16.1. The minimum absolute atomic E-state index is 0.0735. The number of rotatable bonds is 5. The van der Waals surface area contributed by atoms with Crippen molar-refractivity contribution in [3.05, 3.63) is 40.7 Å². The molecule has 0 spiro atoms. The predicted octanol–water partition coefficient (Wildman–Crippen LogP) is 2.12. The topological polar surface area (TPSA) is 71.1 Å². The molecule has 0 radical (unpaired) electrons. The van der Waals surface area contributed by atoms with Gasteiger partial charge in [-0.2, -0.15) is 0 Å². The molecule has 1 aromatic heterocycles. The van der Waals surface area contributed by atoms with Gasteiger partial charge in [0.15, 0.2) is 0 Å². The van der Waals surface area contributed by atoms with E-state index in [1.165, 1.54) is 23.5 Å². The number of benzene rings is 1. The van der Waals surface area contributed by atoms with Crippen LogP contribution < -0.4 is 10.6 Å². The van der Waals surface area contributed by atoms with Crippen LogP contribution in [-0.2, 0) is 4.79 Å². The van der Waals surface area contributed by atoms with Gasteiger partial charge in [-0.1, -0.05) is 0 Å². The van der Waals surface area contributed by atoms with Gasteiger partial charge in [0.1, 0.15) is 15.7 Å². The number of hydrogen-bond donors (Lipinski definition) is 2. The highest BCUT2D eigenvalue weighted by molar-refractivity contribution is 7.17. The minimum atomic E-state index is -0.338. The zero-order valence-corrected chi connectivity index (χ0v) is 13.1. The highest BCUT2D eigenvalue weighted by Crippen LogP contribution is 2.27. The highest BCUT2D eigenvalue weighted by atomic mass is 32.1. The first-order valence-corrected chi connectivity index (χ1v) is 7.61. The number of amides is 2. The molecule has 0 aliphatic rings. The molecule has 1 heterocycles. The predicted molar refractivity (Wildman–Crippen MR) is 83.3 cm³/mol. The van der Waals surface area contributed by atoms with Crippen molar-refractivity contribution in [1.82, 2.24) is 15.6 Å². The third kappa shape index (κ3) is 3.88. The molecule has 2 rings (SSSR count). The number of nitrogens with zero attached hydrogens (tertiary/aromatic N) is 1. The van der Waals surface area contributed by atoms with Crippen LogP contribution in [0.3, 0.4) is 0 Å². The van der Waals surface area contributed by atoms with Crippen LogP contribution >= 0.6 is 11.3 Å². The van der Waals surface area contributed by atoms with Gasteiger partial charge in [0.25, 0.3) is 5.91 Å². The average Bonchev–Trinajstić information content (AvgIpc) is 2.88. The number of aromatic nitrogens is 1. The van der Waals surface area contributed by atoms with Crippen LogP contribution in [0.5, 0.6) is 0 Å². The molecule has 0 atom stereocenters. The molecule has 0 saturated carbocycles. The Morgan fingerprint density at radius 1 is 1.23 bits per heavy atom. The van der Waals surface area contributed by atoms with Crippen LogP contribution in [0.1, 0.15) is 22.3 Å². The Morgan fingerprint density at radius 2 is 1.91 bits per heavy atom. The number of carbonyl (C=O) groups is 2. The van der Waals surface area contributed by atoms with E-state index in [0.29, 0.717) is 22.1 Å². The molecule has 0 unspecified atom stereocenters. The maximum atomic E-state index is 12.9. The molecule has 7 heteroatoms. The quantitative estimate of drug-likeness (QED) is 0.886. The molecule has 1 aromatic carbocycles. The molecule has 0 bridgehead atoms. The van der Waals surface area contributed by atoms with Crippen molar-refractivity contribution in [1.29, 1.82) is 0 Å². The molecule has 2 aromatic rings. The molecule has 22 heavy (non-hydrogen) atoms. The van der Waals surface area contributed by atoms with Gasteiger partial charge >= 0.3 is 0 Å².